The summed E-state index contributed by atoms with van der Waals surface area (Å²) in [6.07, 6.45) is 2.55. The third kappa shape index (κ3) is 1.49. The summed E-state index contributed by atoms with van der Waals surface area (Å²) in [5.41, 5.74) is 0. The van der Waals surface area contributed by atoms with Gasteiger partial charge in [-0.2, -0.15) is 0 Å². The Morgan fingerprint density at radius 1 is 1.70 bits per heavy atom. The van der Waals surface area contributed by atoms with E-state index in [2.05, 4.69) is 11.8 Å². The zero-order valence-corrected chi connectivity index (χ0v) is 6.85. The third-order valence-corrected chi connectivity index (χ3v) is 2.34. The first-order valence-electron chi connectivity index (χ1n) is 4.04. The molecule has 58 valence electrons. The minimum atomic E-state index is 0.732. The zero-order chi connectivity index (χ0) is 7.56. The van der Waals surface area contributed by atoms with E-state index >= 15 is 0 Å². The third-order valence-electron chi connectivity index (χ3n) is 2.34. The molecule has 0 aromatic rings. The van der Waals surface area contributed by atoms with Crippen molar-refractivity contribution in [1.82, 2.24) is 4.90 Å². The Bertz CT molecular complexity index is 131. The zero-order valence-electron chi connectivity index (χ0n) is 6.85. The van der Waals surface area contributed by atoms with Crippen molar-refractivity contribution in [2.75, 3.05) is 13.1 Å². The maximum atomic E-state index is 7.38. The van der Waals surface area contributed by atoms with E-state index in [1.165, 1.54) is 12.8 Å². The Labute approximate surface area is 62.7 Å². The van der Waals surface area contributed by atoms with Gasteiger partial charge in [0.15, 0.2) is 0 Å². The number of nitrogens with zero attached hydrogens (tertiary/aromatic N) is 1. The Balaban J connectivity index is 2.35. The average Bonchev–Trinajstić information content (AvgIpc) is 2.34. The number of amidine groups is 1. The monoisotopic (exact) mass is 140 g/mol. The van der Waals surface area contributed by atoms with Gasteiger partial charge >= 0.3 is 0 Å². The highest BCUT2D eigenvalue weighted by atomic mass is 15.2. The van der Waals surface area contributed by atoms with Crippen molar-refractivity contribution in [2.24, 2.45) is 5.92 Å². The number of hydrogen-bond acceptors (Lipinski definition) is 1. The molecule has 1 N–H and O–H groups in total. The van der Waals surface area contributed by atoms with Crippen molar-refractivity contribution < 1.29 is 0 Å². The molecule has 1 atom stereocenters. The van der Waals surface area contributed by atoms with Crippen molar-refractivity contribution in [3.63, 3.8) is 0 Å². The van der Waals surface area contributed by atoms with Gasteiger partial charge < -0.3 is 4.90 Å². The predicted molar refractivity (Wildman–Crippen MR) is 43.4 cm³/mol. The lowest BCUT2D eigenvalue weighted by Gasteiger charge is -2.15. The number of nitrogens with one attached hydrogen (secondary N) is 1. The molecule has 0 aromatic carbocycles. The molecular formula is C8H16N2. The van der Waals surface area contributed by atoms with Crippen LogP contribution in [0, 0.1) is 11.3 Å². The SMILES string of the molecule is CCC1CCN(C(C)=N)C1. The summed E-state index contributed by atoms with van der Waals surface area (Å²) in [6.45, 7) is 6.32. The summed E-state index contributed by atoms with van der Waals surface area (Å²) >= 11 is 0. The van der Waals surface area contributed by atoms with E-state index < -0.39 is 0 Å². The molecule has 1 heterocycles. The molecule has 0 aromatic heterocycles. The van der Waals surface area contributed by atoms with Gasteiger partial charge in [0, 0.05) is 13.1 Å². The van der Waals surface area contributed by atoms with Crippen LogP contribution in [0.25, 0.3) is 0 Å². The maximum absolute atomic E-state index is 7.38. The van der Waals surface area contributed by atoms with Gasteiger partial charge in [0.25, 0.3) is 0 Å². The van der Waals surface area contributed by atoms with Crippen LogP contribution in [-0.2, 0) is 0 Å². The Morgan fingerprint density at radius 2 is 2.40 bits per heavy atom. The Hall–Kier alpha value is -0.530. The predicted octanol–water partition coefficient (Wildman–Crippen LogP) is 1.72. The smallest absolute Gasteiger partial charge is 0.0925 e. The second-order valence-corrected chi connectivity index (χ2v) is 3.09. The summed E-state index contributed by atoms with van der Waals surface area (Å²) in [5.74, 6) is 1.58. The molecule has 10 heavy (non-hydrogen) atoms. The van der Waals surface area contributed by atoms with Gasteiger partial charge in [-0.05, 0) is 19.3 Å². The minimum Gasteiger partial charge on any atom is -0.361 e. The van der Waals surface area contributed by atoms with Gasteiger partial charge in [-0.15, -0.1) is 0 Å². The molecule has 1 fully saturated rings. The van der Waals surface area contributed by atoms with Crippen LogP contribution in [0.5, 0.6) is 0 Å². The first-order valence-corrected chi connectivity index (χ1v) is 4.04. The van der Waals surface area contributed by atoms with Gasteiger partial charge in [-0.1, -0.05) is 13.3 Å². The van der Waals surface area contributed by atoms with Crippen LogP contribution in [-0.4, -0.2) is 23.8 Å². The van der Waals surface area contributed by atoms with Gasteiger partial charge in [0.1, 0.15) is 0 Å². The van der Waals surface area contributed by atoms with Crippen LogP contribution < -0.4 is 0 Å². The van der Waals surface area contributed by atoms with E-state index in [4.69, 9.17) is 5.41 Å². The second-order valence-electron chi connectivity index (χ2n) is 3.09. The van der Waals surface area contributed by atoms with Crippen molar-refractivity contribution in [3.8, 4) is 0 Å². The fourth-order valence-electron chi connectivity index (χ4n) is 1.47. The molecule has 2 heteroatoms. The average molecular weight is 140 g/mol. The molecule has 0 amide bonds. The van der Waals surface area contributed by atoms with Crippen LogP contribution >= 0.6 is 0 Å². The van der Waals surface area contributed by atoms with Crippen LogP contribution in [0.3, 0.4) is 0 Å². The standard InChI is InChI=1S/C8H16N2/c1-3-8-4-5-10(6-8)7(2)9/h8-9H,3-6H2,1-2H3. The summed E-state index contributed by atoms with van der Waals surface area (Å²) in [4.78, 5) is 2.16. The quantitative estimate of drug-likeness (QED) is 0.435. The summed E-state index contributed by atoms with van der Waals surface area (Å²) < 4.78 is 0. The van der Waals surface area contributed by atoms with Gasteiger partial charge in [0.2, 0.25) is 0 Å². The van der Waals surface area contributed by atoms with Crippen molar-refractivity contribution in [2.45, 2.75) is 26.7 Å². The van der Waals surface area contributed by atoms with E-state index in [0.717, 1.165) is 24.8 Å². The second kappa shape index (κ2) is 3.04. The molecule has 1 aliphatic rings. The highest BCUT2D eigenvalue weighted by Crippen LogP contribution is 2.18. The molecule has 2 nitrogen and oxygen atoms in total. The van der Waals surface area contributed by atoms with Crippen LogP contribution in [0.4, 0.5) is 0 Å². The van der Waals surface area contributed by atoms with Gasteiger partial charge in [-0.25, -0.2) is 0 Å². The normalized spacial score (nSPS) is 25.4. The molecule has 0 bridgehead atoms. The Kier molecular flexibility index (Phi) is 2.30. The number of likely N-dealkylation sites (tertiary alicyclic amines) is 1. The highest BCUT2D eigenvalue weighted by Gasteiger charge is 2.20. The topological polar surface area (TPSA) is 27.1 Å². The molecule has 0 saturated carbocycles. The Morgan fingerprint density at radius 3 is 2.70 bits per heavy atom. The highest BCUT2D eigenvalue weighted by molar-refractivity contribution is 5.76. The van der Waals surface area contributed by atoms with E-state index in [1.54, 1.807) is 0 Å². The molecular weight excluding hydrogens is 124 g/mol. The van der Waals surface area contributed by atoms with E-state index in [0.29, 0.717) is 0 Å². The maximum Gasteiger partial charge on any atom is 0.0925 e. The molecule has 0 aliphatic carbocycles. The molecule has 1 rings (SSSR count). The van der Waals surface area contributed by atoms with Gasteiger partial charge in [-0.3, -0.25) is 5.41 Å². The first-order chi connectivity index (χ1) is 4.74. The van der Waals surface area contributed by atoms with Gasteiger partial charge in [0.05, 0.1) is 5.84 Å². The van der Waals surface area contributed by atoms with Crippen LogP contribution in [0.1, 0.15) is 26.7 Å². The lowest BCUT2D eigenvalue weighted by Crippen LogP contribution is -2.25. The molecule has 1 saturated heterocycles. The largest absolute Gasteiger partial charge is 0.361 e. The molecule has 1 aliphatic heterocycles. The fourth-order valence-corrected chi connectivity index (χ4v) is 1.47. The molecule has 0 spiro atoms. The van der Waals surface area contributed by atoms with E-state index in [1.807, 2.05) is 6.92 Å². The summed E-state index contributed by atoms with van der Waals surface area (Å²) in [6, 6.07) is 0. The van der Waals surface area contributed by atoms with Crippen molar-refractivity contribution in [1.29, 1.82) is 5.41 Å². The van der Waals surface area contributed by atoms with Crippen LogP contribution in [0.2, 0.25) is 0 Å². The first kappa shape index (κ1) is 7.58. The van der Waals surface area contributed by atoms with Crippen molar-refractivity contribution in [3.05, 3.63) is 0 Å². The molecule has 1 unspecified atom stereocenters. The summed E-state index contributed by atoms with van der Waals surface area (Å²) in [5, 5.41) is 7.38. The number of hydrogen-bond donors (Lipinski definition) is 1. The van der Waals surface area contributed by atoms with Crippen LogP contribution in [0.15, 0.2) is 0 Å². The fraction of sp³-hybridized carbons (Fsp3) is 0.875. The van der Waals surface area contributed by atoms with Crippen molar-refractivity contribution >= 4 is 5.84 Å². The summed E-state index contributed by atoms with van der Waals surface area (Å²) in [7, 11) is 0. The van der Waals surface area contributed by atoms with E-state index in [-0.39, 0.29) is 0 Å². The minimum absolute atomic E-state index is 0.732. The lowest BCUT2D eigenvalue weighted by atomic mass is 10.1. The van der Waals surface area contributed by atoms with E-state index in [9.17, 15) is 0 Å². The lowest BCUT2D eigenvalue weighted by molar-refractivity contribution is 0.468. The molecule has 0 radical (unpaired) electrons. The number of rotatable bonds is 1.